The Bertz CT molecular complexity index is 3830. The van der Waals surface area contributed by atoms with E-state index in [0.717, 1.165) is 116 Å². The summed E-state index contributed by atoms with van der Waals surface area (Å²) in [6.45, 7) is 10.0. The van der Waals surface area contributed by atoms with Gasteiger partial charge < -0.3 is 9.13 Å². The first-order valence-corrected chi connectivity index (χ1v) is 24.5. The Morgan fingerprint density at radius 3 is 0.973 bits per heavy atom. The Hall–Kier alpha value is -8.92. The normalized spacial score (nSPS) is 11.8. The molecule has 0 atom stereocenters. The fourth-order valence-corrected chi connectivity index (χ4v) is 11.1. The Kier molecular flexibility index (Phi) is 10.8. The van der Waals surface area contributed by atoms with Gasteiger partial charge in [-0.1, -0.05) is 156 Å². The standard InChI is InChI=1S/C67H48F3N3/c1-40-11-6-16-45(29-40)49-21-25-60-54(33-49)55-34-50(46-17-7-12-41(2)30-46)22-26-61(55)72(60)64-37-53(66-44(5)15-10-20-59(66)67(68,69)70)38-65(58(64)39-71)73-62-27-23-51(47-18-8-13-42(3)31-47)35-56(62)57-36-52(24-28-63(57)73)48-19-9-14-43(4)32-48/h6-38H,1-5H3. The van der Waals surface area contributed by atoms with Gasteiger partial charge in [0.15, 0.2) is 0 Å². The molecule has 0 aliphatic rings. The first kappa shape index (κ1) is 45.2. The molecular formula is C67H48F3N3. The lowest BCUT2D eigenvalue weighted by atomic mass is 9.92. The molecule has 0 amide bonds. The average molecular weight is 952 g/mol. The van der Waals surface area contributed by atoms with Crippen LogP contribution in [0, 0.1) is 45.9 Å². The number of rotatable bonds is 7. The van der Waals surface area contributed by atoms with Gasteiger partial charge in [-0.05, 0) is 163 Å². The van der Waals surface area contributed by atoms with Crippen molar-refractivity contribution in [2.75, 3.05) is 0 Å². The molecule has 73 heavy (non-hydrogen) atoms. The lowest BCUT2D eigenvalue weighted by molar-refractivity contribution is -0.137. The van der Waals surface area contributed by atoms with Gasteiger partial charge in [0.25, 0.3) is 0 Å². The van der Waals surface area contributed by atoms with Gasteiger partial charge in [-0.25, -0.2) is 0 Å². The number of hydrogen-bond donors (Lipinski definition) is 0. The van der Waals surface area contributed by atoms with Gasteiger partial charge in [-0.2, -0.15) is 18.4 Å². The van der Waals surface area contributed by atoms with Crippen LogP contribution in [0.1, 0.15) is 38.9 Å². The van der Waals surface area contributed by atoms with Crippen LogP contribution in [0.4, 0.5) is 13.2 Å². The minimum atomic E-state index is -4.66. The van der Waals surface area contributed by atoms with Crippen LogP contribution in [0.5, 0.6) is 0 Å². The van der Waals surface area contributed by atoms with Crippen molar-refractivity contribution in [2.24, 2.45) is 0 Å². The summed E-state index contributed by atoms with van der Waals surface area (Å²) in [6, 6.07) is 69.8. The highest BCUT2D eigenvalue weighted by Gasteiger charge is 2.35. The fraction of sp³-hybridized carbons (Fsp3) is 0.0896. The van der Waals surface area contributed by atoms with Crippen LogP contribution in [-0.2, 0) is 6.18 Å². The summed E-state index contributed by atoms with van der Waals surface area (Å²) in [6.07, 6.45) is -4.66. The van der Waals surface area contributed by atoms with E-state index in [9.17, 15) is 5.26 Å². The number of fused-ring (bicyclic) bond motifs is 6. The zero-order valence-corrected chi connectivity index (χ0v) is 41.0. The molecule has 6 heteroatoms. The largest absolute Gasteiger partial charge is 0.417 e. The van der Waals surface area contributed by atoms with E-state index >= 15 is 13.2 Å². The fourth-order valence-electron chi connectivity index (χ4n) is 11.1. The van der Waals surface area contributed by atoms with Crippen molar-refractivity contribution in [1.29, 1.82) is 5.26 Å². The topological polar surface area (TPSA) is 33.6 Å². The zero-order valence-electron chi connectivity index (χ0n) is 41.0. The van der Waals surface area contributed by atoms with Gasteiger partial charge in [0.1, 0.15) is 11.6 Å². The predicted molar refractivity (Wildman–Crippen MR) is 296 cm³/mol. The Balaban J connectivity index is 1.21. The molecule has 2 heterocycles. The molecule has 0 saturated heterocycles. The summed E-state index contributed by atoms with van der Waals surface area (Å²) < 4.78 is 50.3. The molecule has 2 aromatic heterocycles. The summed E-state index contributed by atoms with van der Waals surface area (Å²) in [5.41, 5.74) is 17.6. The smallest absolute Gasteiger partial charge is 0.308 e. The third-order valence-electron chi connectivity index (χ3n) is 14.5. The van der Waals surface area contributed by atoms with E-state index in [0.29, 0.717) is 28.1 Å². The molecule has 0 fully saturated rings. The van der Waals surface area contributed by atoms with Gasteiger partial charge in [-0.3, -0.25) is 0 Å². The quantitative estimate of drug-likeness (QED) is 0.157. The molecular weight excluding hydrogens is 904 g/mol. The van der Waals surface area contributed by atoms with Crippen molar-refractivity contribution in [3.05, 3.63) is 239 Å². The van der Waals surface area contributed by atoms with E-state index in [1.807, 2.05) is 0 Å². The maximum atomic E-state index is 15.4. The van der Waals surface area contributed by atoms with E-state index in [-0.39, 0.29) is 5.56 Å². The number of benzene rings is 10. The first-order valence-electron chi connectivity index (χ1n) is 24.5. The third-order valence-corrected chi connectivity index (χ3v) is 14.5. The Morgan fingerprint density at radius 1 is 0.356 bits per heavy atom. The molecule has 0 N–H and O–H groups in total. The van der Waals surface area contributed by atoms with Crippen LogP contribution in [0.15, 0.2) is 200 Å². The molecule has 0 radical (unpaired) electrons. The number of aryl methyl sites for hydroxylation is 5. The third kappa shape index (κ3) is 7.86. The van der Waals surface area contributed by atoms with E-state index in [1.54, 1.807) is 25.1 Å². The second kappa shape index (κ2) is 17.4. The Morgan fingerprint density at radius 2 is 0.671 bits per heavy atom. The van der Waals surface area contributed by atoms with E-state index in [1.165, 1.54) is 6.07 Å². The summed E-state index contributed by atoms with van der Waals surface area (Å²) in [4.78, 5) is 0. The number of nitriles is 1. The molecule has 12 rings (SSSR count). The summed E-state index contributed by atoms with van der Waals surface area (Å²) >= 11 is 0. The van der Waals surface area contributed by atoms with Crippen LogP contribution in [0.2, 0.25) is 0 Å². The first-order chi connectivity index (χ1) is 35.3. The number of hydrogen-bond acceptors (Lipinski definition) is 1. The van der Waals surface area contributed by atoms with Gasteiger partial charge in [0.2, 0.25) is 0 Å². The maximum absolute atomic E-state index is 15.4. The van der Waals surface area contributed by atoms with E-state index in [2.05, 4.69) is 213 Å². The number of alkyl halides is 3. The molecule has 0 spiro atoms. The summed E-state index contributed by atoms with van der Waals surface area (Å²) in [5.74, 6) is 0. The highest BCUT2D eigenvalue weighted by Crippen LogP contribution is 2.46. The van der Waals surface area contributed by atoms with Crippen LogP contribution < -0.4 is 0 Å². The monoisotopic (exact) mass is 951 g/mol. The summed E-state index contributed by atoms with van der Waals surface area (Å²) in [5, 5.41) is 15.6. The summed E-state index contributed by atoms with van der Waals surface area (Å²) in [7, 11) is 0. The van der Waals surface area contributed by atoms with Crippen molar-refractivity contribution < 1.29 is 13.2 Å². The van der Waals surface area contributed by atoms with Crippen molar-refractivity contribution in [1.82, 2.24) is 9.13 Å². The van der Waals surface area contributed by atoms with Gasteiger partial charge in [0.05, 0.1) is 39.0 Å². The highest BCUT2D eigenvalue weighted by atomic mass is 19.4. The van der Waals surface area contributed by atoms with Crippen molar-refractivity contribution in [3.63, 3.8) is 0 Å². The van der Waals surface area contributed by atoms with E-state index < -0.39 is 11.7 Å². The minimum Gasteiger partial charge on any atom is -0.308 e. The van der Waals surface area contributed by atoms with Gasteiger partial charge in [0, 0.05) is 21.5 Å². The molecule has 352 valence electrons. The number of halogens is 3. The molecule has 0 aliphatic carbocycles. The molecule has 0 bridgehead atoms. The maximum Gasteiger partial charge on any atom is 0.417 e. The molecule has 0 saturated carbocycles. The Labute approximate surface area is 422 Å². The van der Waals surface area contributed by atoms with Gasteiger partial charge >= 0.3 is 6.18 Å². The lowest BCUT2D eigenvalue weighted by Gasteiger charge is -2.21. The van der Waals surface area contributed by atoms with Crippen molar-refractivity contribution >= 4 is 43.6 Å². The second-order valence-electron chi connectivity index (χ2n) is 19.6. The highest BCUT2D eigenvalue weighted by molar-refractivity contribution is 6.14. The van der Waals surface area contributed by atoms with Crippen molar-refractivity contribution in [3.8, 4) is 73.1 Å². The molecule has 0 unspecified atom stereocenters. The van der Waals surface area contributed by atoms with E-state index in [4.69, 9.17) is 0 Å². The van der Waals surface area contributed by atoms with Crippen LogP contribution >= 0.6 is 0 Å². The SMILES string of the molecule is Cc1cccc(-c2ccc3c(c2)c2cc(-c4cccc(C)c4)ccc2n3-c2cc(-c3c(C)cccc3C(F)(F)F)cc(-n3c4ccc(-c5cccc(C)c5)cc4c4cc(-c5cccc(C)c5)ccc43)c2C#N)c1. The lowest BCUT2D eigenvalue weighted by Crippen LogP contribution is -2.10. The van der Waals surface area contributed by atoms with Crippen molar-refractivity contribution in [2.45, 2.75) is 40.8 Å². The molecule has 12 aromatic rings. The van der Waals surface area contributed by atoms with Crippen LogP contribution in [0.25, 0.3) is 111 Å². The molecule has 0 aliphatic heterocycles. The number of nitrogens with zero attached hydrogens (tertiary/aromatic N) is 3. The van der Waals surface area contributed by atoms with Crippen LogP contribution in [-0.4, -0.2) is 9.13 Å². The zero-order chi connectivity index (χ0) is 50.3. The predicted octanol–water partition coefficient (Wildman–Crippen LogP) is 18.6. The number of aromatic nitrogens is 2. The van der Waals surface area contributed by atoms with Crippen LogP contribution in [0.3, 0.4) is 0 Å². The van der Waals surface area contributed by atoms with Gasteiger partial charge in [-0.15, -0.1) is 0 Å². The molecule has 10 aromatic carbocycles. The average Bonchev–Trinajstić information content (AvgIpc) is 3.89. The second-order valence-corrected chi connectivity index (χ2v) is 19.6. The minimum absolute atomic E-state index is 0.0652. The molecule has 3 nitrogen and oxygen atoms in total.